The molecule has 2 aliphatic heterocycles. The molecular formula is C16H24N4O4. The zero-order valence-electron chi connectivity index (χ0n) is 14.8. The minimum Gasteiger partial charge on any atom is -0.444 e. The predicted molar refractivity (Wildman–Crippen MR) is 85.3 cm³/mol. The second-order valence-corrected chi connectivity index (χ2v) is 7.32. The van der Waals surface area contributed by atoms with E-state index in [4.69, 9.17) is 9.57 Å². The average molecular weight is 336 g/mol. The highest BCUT2D eigenvalue weighted by atomic mass is 16.7. The lowest BCUT2D eigenvalue weighted by atomic mass is 10.0. The van der Waals surface area contributed by atoms with Gasteiger partial charge in [-0.3, -0.25) is 14.3 Å². The number of carbonyl (C=O) groups is 2. The molecule has 0 saturated carbocycles. The van der Waals surface area contributed by atoms with Gasteiger partial charge in [-0.25, -0.2) is 9.86 Å². The maximum atomic E-state index is 12.6. The summed E-state index contributed by atoms with van der Waals surface area (Å²) < 4.78 is 7.18. The Morgan fingerprint density at radius 1 is 1.38 bits per heavy atom. The number of amides is 2. The first kappa shape index (κ1) is 16.8. The van der Waals surface area contributed by atoms with E-state index in [-0.39, 0.29) is 18.0 Å². The number of hydroxylamine groups is 2. The predicted octanol–water partition coefficient (Wildman–Crippen LogP) is 1.75. The first-order chi connectivity index (χ1) is 11.2. The molecule has 0 aromatic carbocycles. The summed E-state index contributed by atoms with van der Waals surface area (Å²) in [6.45, 7) is 8.71. The standard InChI is InChI=1S/C16H24N4O4/c1-10-9-23-18(5)14(21)13-11-8-19(15(22)24-16(2,3)4)7-6-12(11)17-20(10)13/h10H,6-9H2,1-5H3. The SMILES string of the molecule is CC1CON(C)C(=O)c2c3c(nn21)CCN(C(=O)OC(C)(C)C)C3. The van der Waals surface area contributed by atoms with E-state index in [1.165, 1.54) is 5.06 Å². The summed E-state index contributed by atoms with van der Waals surface area (Å²) in [4.78, 5) is 32.0. The molecule has 2 amide bonds. The fraction of sp³-hybridized carbons (Fsp3) is 0.688. The second-order valence-electron chi connectivity index (χ2n) is 7.32. The molecule has 8 nitrogen and oxygen atoms in total. The normalized spacial score (nSPS) is 21.2. The topological polar surface area (TPSA) is 76.9 Å². The van der Waals surface area contributed by atoms with Crippen molar-refractivity contribution in [2.45, 2.75) is 52.3 Å². The van der Waals surface area contributed by atoms with Crippen LogP contribution in [0.1, 0.15) is 55.5 Å². The number of rotatable bonds is 0. The van der Waals surface area contributed by atoms with Gasteiger partial charge in [0.05, 0.1) is 24.9 Å². The smallest absolute Gasteiger partial charge is 0.410 e. The van der Waals surface area contributed by atoms with Crippen molar-refractivity contribution in [3.63, 3.8) is 0 Å². The summed E-state index contributed by atoms with van der Waals surface area (Å²) in [5, 5.41) is 5.84. The average Bonchev–Trinajstić information content (AvgIpc) is 2.83. The van der Waals surface area contributed by atoms with E-state index in [0.717, 1.165) is 11.3 Å². The van der Waals surface area contributed by atoms with Crippen molar-refractivity contribution in [2.24, 2.45) is 0 Å². The van der Waals surface area contributed by atoms with Crippen LogP contribution in [0.15, 0.2) is 0 Å². The molecule has 1 unspecified atom stereocenters. The van der Waals surface area contributed by atoms with Crippen LogP contribution in [0.2, 0.25) is 0 Å². The molecule has 0 N–H and O–H groups in total. The molecule has 0 fully saturated rings. The fourth-order valence-corrected chi connectivity index (χ4v) is 2.92. The molecule has 0 aliphatic carbocycles. The minimum absolute atomic E-state index is 0.0468. The molecule has 24 heavy (non-hydrogen) atoms. The van der Waals surface area contributed by atoms with Crippen molar-refractivity contribution in [2.75, 3.05) is 20.2 Å². The van der Waals surface area contributed by atoms with Gasteiger partial charge in [-0.05, 0) is 27.7 Å². The number of nitrogens with zero attached hydrogens (tertiary/aromatic N) is 4. The number of aromatic nitrogens is 2. The number of hydrogen-bond donors (Lipinski definition) is 0. The molecule has 3 rings (SSSR count). The number of hydrogen-bond acceptors (Lipinski definition) is 5. The number of ether oxygens (including phenoxy) is 1. The third-order valence-electron chi connectivity index (χ3n) is 4.13. The van der Waals surface area contributed by atoms with Gasteiger partial charge < -0.3 is 9.64 Å². The summed E-state index contributed by atoms with van der Waals surface area (Å²) in [5.74, 6) is -0.237. The van der Waals surface area contributed by atoms with Crippen LogP contribution in [-0.2, 0) is 22.5 Å². The molecular weight excluding hydrogens is 312 g/mol. The quantitative estimate of drug-likeness (QED) is 0.721. The van der Waals surface area contributed by atoms with Crippen molar-refractivity contribution >= 4 is 12.0 Å². The summed E-state index contributed by atoms with van der Waals surface area (Å²) in [5.41, 5.74) is 1.62. The Morgan fingerprint density at radius 3 is 2.75 bits per heavy atom. The Morgan fingerprint density at radius 2 is 2.08 bits per heavy atom. The summed E-state index contributed by atoms with van der Waals surface area (Å²) in [6, 6.07) is -0.0468. The van der Waals surface area contributed by atoms with Gasteiger partial charge in [-0.1, -0.05) is 0 Å². The van der Waals surface area contributed by atoms with Crippen molar-refractivity contribution in [3.8, 4) is 0 Å². The van der Waals surface area contributed by atoms with Crippen LogP contribution < -0.4 is 0 Å². The molecule has 8 heteroatoms. The fourth-order valence-electron chi connectivity index (χ4n) is 2.92. The molecule has 3 heterocycles. The Balaban J connectivity index is 1.92. The van der Waals surface area contributed by atoms with Crippen LogP contribution in [0.5, 0.6) is 0 Å². The third-order valence-corrected chi connectivity index (χ3v) is 4.13. The van der Waals surface area contributed by atoms with Gasteiger partial charge in [0.2, 0.25) is 0 Å². The van der Waals surface area contributed by atoms with Gasteiger partial charge >= 0.3 is 6.09 Å². The minimum atomic E-state index is -0.550. The number of fused-ring (bicyclic) bond motifs is 3. The van der Waals surface area contributed by atoms with Crippen molar-refractivity contribution < 1.29 is 19.2 Å². The summed E-state index contributed by atoms with van der Waals surface area (Å²) in [6.07, 6.45) is 0.242. The highest BCUT2D eigenvalue weighted by molar-refractivity contribution is 5.94. The Labute approximate surface area is 141 Å². The molecule has 1 aromatic rings. The lowest BCUT2D eigenvalue weighted by molar-refractivity contribution is -0.109. The third kappa shape index (κ3) is 2.98. The van der Waals surface area contributed by atoms with Gasteiger partial charge in [-0.15, -0.1) is 0 Å². The van der Waals surface area contributed by atoms with E-state index < -0.39 is 5.60 Å². The molecule has 0 saturated heterocycles. The zero-order valence-corrected chi connectivity index (χ0v) is 14.8. The zero-order chi connectivity index (χ0) is 17.6. The maximum Gasteiger partial charge on any atom is 0.410 e. The van der Waals surface area contributed by atoms with E-state index in [0.29, 0.717) is 31.8 Å². The van der Waals surface area contributed by atoms with Crippen LogP contribution in [0.25, 0.3) is 0 Å². The molecule has 2 aliphatic rings. The summed E-state index contributed by atoms with van der Waals surface area (Å²) in [7, 11) is 1.60. The highest BCUT2D eigenvalue weighted by Crippen LogP contribution is 2.28. The summed E-state index contributed by atoms with van der Waals surface area (Å²) >= 11 is 0. The molecule has 1 atom stereocenters. The van der Waals surface area contributed by atoms with Gasteiger partial charge in [0.1, 0.15) is 11.3 Å². The lowest BCUT2D eigenvalue weighted by Crippen LogP contribution is -2.40. The Hall–Kier alpha value is -2.09. The molecule has 0 bridgehead atoms. The number of carbonyl (C=O) groups excluding carboxylic acids is 2. The monoisotopic (exact) mass is 336 g/mol. The van der Waals surface area contributed by atoms with Crippen molar-refractivity contribution in [1.82, 2.24) is 19.7 Å². The molecule has 132 valence electrons. The van der Waals surface area contributed by atoms with Crippen LogP contribution in [0.3, 0.4) is 0 Å². The van der Waals surface area contributed by atoms with Gasteiger partial charge in [-0.2, -0.15) is 5.10 Å². The Kier molecular flexibility index (Phi) is 4.03. The van der Waals surface area contributed by atoms with Crippen LogP contribution in [0, 0.1) is 0 Å². The van der Waals surface area contributed by atoms with E-state index in [1.807, 2.05) is 27.7 Å². The van der Waals surface area contributed by atoms with Gasteiger partial charge in [0.15, 0.2) is 0 Å². The van der Waals surface area contributed by atoms with E-state index in [9.17, 15) is 9.59 Å². The molecule has 0 spiro atoms. The highest BCUT2D eigenvalue weighted by Gasteiger charge is 2.35. The van der Waals surface area contributed by atoms with Crippen molar-refractivity contribution in [1.29, 1.82) is 0 Å². The first-order valence-electron chi connectivity index (χ1n) is 8.16. The van der Waals surface area contributed by atoms with E-state index in [1.54, 1.807) is 16.6 Å². The largest absolute Gasteiger partial charge is 0.444 e. The maximum absolute atomic E-state index is 12.6. The van der Waals surface area contributed by atoms with Crippen molar-refractivity contribution in [3.05, 3.63) is 17.0 Å². The second kappa shape index (κ2) is 5.77. The van der Waals surface area contributed by atoms with Crippen LogP contribution in [0.4, 0.5) is 4.79 Å². The van der Waals surface area contributed by atoms with Gasteiger partial charge in [0, 0.05) is 25.6 Å². The van der Waals surface area contributed by atoms with E-state index >= 15 is 0 Å². The van der Waals surface area contributed by atoms with E-state index in [2.05, 4.69) is 5.10 Å². The molecule has 1 aromatic heterocycles. The molecule has 0 radical (unpaired) electrons. The first-order valence-corrected chi connectivity index (χ1v) is 8.16. The van der Waals surface area contributed by atoms with Crippen LogP contribution in [-0.4, -0.2) is 57.5 Å². The Bertz CT molecular complexity index is 676. The van der Waals surface area contributed by atoms with Gasteiger partial charge in [0.25, 0.3) is 5.91 Å². The van der Waals surface area contributed by atoms with Crippen LogP contribution >= 0.6 is 0 Å². The lowest BCUT2D eigenvalue weighted by Gasteiger charge is -2.30.